The molecule has 0 radical (unpaired) electrons. The van der Waals surface area contributed by atoms with Gasteiger partial charge in [0.25, 0.3) is 0 Å². The molecular formula is C23H28F2. The van der Waals surface area contributed by atoms with Gasteiger partial charge in [0.05, 0.1) is 0 Å². The van der Waals surface area contributed by atoms with E-state index in [1.54, 1.807) is 18.2 Å². The highest BCUT2D eigenvalue weighted by atomic mass is 19.1. The molecule has 0 amide bonds. The zero-order chi connectivity index (χ0) is 17.6. The van der Waals surface area contributed by atoms with E-state index in [4.69, 9.17) is 0 Å². The van der Waals surface area contributed by atoms with Gasteiger partial charge in [-0.15, -0.1) is 0 Å². The summed E-state index contributed by atoms with van der Waals surface area (Å²) < 4.78 is 27.5. The fourth-order valence-corrected chi connectivity index (χ4v) is 4.17. The third kappa shape index (κ3) is 4.90. The summed E-state index contributed by atoms with van der Waals surface area (Å²) in [6, 6.07) is 11.5. The zero-order valence-electron chi connectivity index (χ0n) is 15.1. The van der Waals surface area contributed by atoms with E-state index in [9.17, 15) is 8.78 Å². The number of hydrogen-bond acceptors (Lipinski definition) is 0. The summed E-state index contributed by atoms with van der Waals surface area (Å²) in [5, 5.41) is 0. The van der Waals surface area contributed by atoms with Crippen LogP contribution in [0.2, 0.25) is 0 Å². The third-order valence-corrected chi connectivity index (χ3v) is 5.69. The van der Waals surface area contributed by atoms with Crippen LogP contribution in [0.15, 0.2) is 42.5 Å². The second-order valence-corrected chi connectivity index (χ2v) is 7.54. The second-order valence-electron chi connectivity index (χ2n) is 7.54. The van der Waals surface area contributed by atoms with Crippen LogP contribution in [-0.2, 0) is 6.42 Å². The molecule has 0 bridgehead atoms. The van der Waals surface area contributed by atoms with Crippen molar-refractivity contribution in [1.29, 1.82) is 0 Å². The van der Waals surface area contributed by atoms with E-state index in [1.807, 2.05) is 12.1 Å². The Morgan fingerprint density at radius 2 is 1.48 bits per heavy atom. The van der Waals surface area contributed by atoms with Gasteiger partial charge in [0.15, 0.2) is 0 Å². The van der Waals surface area contributed by atoms with Crippen molar-refractivity contribution in [2.75, 3.05) is 0 Å². The normalized spacial score (nSPS) is 20.6. The van der Waals surface area contributed by atoms with Gasteiger partial charge in [0, 0.05) is 5.56 Å². The Hall–Kier alpha value is -1.70. The molecule has 0 atom stereocenters. The monoisotopic (exact) mass is 342 g/mol. The molecule has 3 rings (SSSR count). The van der Waals surface area contributed by atoms with Crippen LogP contribution in [0.25, 0.3) is 11.1 Å². The third-order valence-electron chi connectivity index (χ3n) is 5.69. The van der Waals surface area contributed by atoms with Crippen LogP contribution in [0, 0.1) is 23.5 Å². The maximum Gasteiger partial charge on any atom is 0.131 e. The largest absolute Gasteiger partial charge is 0.207 e. The minimum Gasteiger partial charge on any atom is -0.207 e. The van der Waals surface area contributed by atoms with Crippen molar-refractivity contribution in [1.82, 2.24) is 0 Å². The Morgan fingerprint density at radius 1 is 0.840 bits per heavy atom. The van der Waals surface area contributed by atoms with Crippen molar-refractivity contribution in [3.05, 3.63) is 59.7 Å². The first-order chi connectivity index (χ1) is 12.2. The Labute approximate surface area is 150 Å². The minimum atomic E-state index is -0.297. The molecule has 0 nitrogen and oxygen atoms in total. The molecule has 2 heteroatoms. The number of halogens is 2. The maximum absolute atomic E-state index is 14.4. The Kier molecular flexibility index (Phi) is 6.23. The highest BCUT2D eigenvalue weighted by Crippen LogP contribution is 2.34. The van der Waals surface area contributed by atoms with Gasteiger partial charge < -0.3 is 0 Å². The molecule has 0 spiro atoms. The highest BCUT2D eigenvalue weighted by molar-refractivity contribution is 5.64. The number of hydrogen-bond donors (Lipinski definition) is 0. The minimum absolute atomic E-state index is 0.212. The van der Waals surface area contributed by atoms with Crippen molar-refractivity contribution in [3.8, 4) is 11.1 Å². The molecule has 0 unspecified atom stereocenters. The first kappa shape index (κ1) is 18.1. The summed E-state index contributed by atoms with van der Waals surface area (Å²) in [5.41, 5.74) is 2.34. The molecule has 0 heterocycles. The molecule has 0 aromatic heterocycles. The lowest BCUT2D eigenvalue weighted by molar-refractivity contribution is 0.252. The van der Waals surface area contributed by atoms with Crippen LogP contribution in [0.5, 0.6) is 0 Å². The van der Waals surface area contributed by atoms with E-state index in [0.29, 0.717) is 5.56 Å². The molecule has 0 N–H and O–H groups in total. The van der Waals surface area contributed by atoms with E-state index in [1.165, 1.54) is 50.7 Å². The van der Waals surface area contributed by atoms with Crippen molar-refractivity contribution in [2.45, 2.75) is 58.3 Å². The number of rotatable bonds is 6. The second kappa shape index (κ2) is 8.60. The SMILES string of the molecule is CCCC1CCC(CCc2ccc(-c3ccc(F)cc3)c(F)c2)CC1. The van der Waals surface area contributed by atoms with Gasteiger partial charge in [-0.2, -0.15) is 0 Å². The van der Waals surface area contributed by atoms with Crippen LogP contribution in [0.4, 0.5) is 8.78 Å². The fourth-order valence-electron chi connectivity index (χ4n) is 4.17. The van der Waals surface area contributed by atoms with E-state index in [2.05, 4.69) is 6.92 Å². The molecule has 134 valence electrons. The summed E-state index contributed by atoms with van der Waals surface area (Å²) in [4.78, 5) is 0. The first-order valence-corrected chi connectivity index (χ1v) is 9.70. The smallest absolute Gasteiger partial charge is 0.131 e. The van der Waals surface area contributed by atoms with Crippen molar-refractivity contribution >= 4 is 0 Å². The van der Waals surface area contributed by atoms with Gasteiger partial charge in [-0.25, -0.2) is 8.78 Å². The first-order valence-electron chi connectivity index (χ1n) is 9.70. The number of aryl methyl sites for hydroxylation is 1. The molecule has 0 aliphatic heterocycles. The van der Waals surface area contributed by atoms with Crippen LogP contribution in [0.3, 0.4) is 0 Å². The van der Waals surface area contributed by atoms with Gasteiger partial charge in [-0.05, 0) is 54.0 Å². The molecule has 1 aliphatic carbocycles. The lowest BCUT2D eigenvalue weighted by Gasteiger charge is -2.28. The molecule has 1 saturated carbocycles. The predicted octanol–water partition coefficient (Wildman–Crippen LogP) is 7.17. The predicted molar refractivity (Wildman–Crippen MR) is 100 cm³/mol. The summed E-state index contributed by atoms with van der Waals surface area (Å²) in [7, 11) is 0. The zero-order valence-corrected chi connectivity index (χ0v) is 15.1. The molecule has 2 aromatic carbocycles. The van der Waals surface area contributed by atoms with Gasteiger partial charge in [0.2, 0.25) is 0 Å². The van der Waals surface area contributed by atoms with Crippen molar-refractivity contribution in [2.24, 2.45) is 11.8 Å². The van der Waals surface area contributed by atoms with Crippen LogP contribution >= 0.6 is 0 Å². The summed E-state index contributed by atoms with van der Waals surface area (Å²) in [6.45, 7) is 2.27. The average molecular weight is 342 g/mol. The molecule has 25 heavy (non-hydrogen) atoms. The molecule has 1 fully saturated rings. The molecule has 0 saturated heterocycles. The molecular weight excluding hydrogens is 314 g/mol. The van der Waals surface area contributed by atoms with E-state index in [0.717, 1.165) is 35.8 Å². The average Bonchev–Trinajstić information content (AvgIpc) is 2.62. The summed E-state index contributed by atoms with van der Waals surface area (Å²) >= 11 is 0. The quantitative estimate of drug-likeness (QED) is 0.522. The van der Waals surface area contributed by atoms with Gasteiger partial charge >= 0.3 is 0 Å². The summed E-state index contributed by atoms with van der Waals surface area (Å²) in [6.07, 6.45) is 10.2. The fraction of sp³-hybridized carbons (Fsp3) is 0.478. The topological polar surface area (TPSA) is 0 Å². The van der Waals surface area contributed by atoms with E-state index in [-0.39, 0.29) is 11.6 Å². The van der Waals surface area contributed by atoms with Gasteiger partial charge in [-0.3, -0.25) is 0 Å². The van der Waals surface area contributed by atoms with Crippen molar-refractivity contribution in [3.63, 3.8) is 0 Å². The Bertz CT molecular complexity index is 667. The van der Waals surface area contributed by atoms with Gasteiger partial charge in [-0.1, -0.05) is 69.7 Å². The number of benzene rings is 2. The molecule has 1 aliphatic rings. The van der Waals surface area contributed by atoms with Crippen molar-refractivity contribution < 1.29 is 8.78 Å². The standard InChI is InChI=1S/C23H28F2/c1-2-3-17-4-6-18(7-5-17)8-9-19-10-15-22(23(25)16-19)20-11-13-21(24)14-12-20/h10-18H,2-9H2,1H3. The maximum atomic E-state index is 14.4. The Morgan fingerprint density at radius 3 is 2.08 bits per heavy atom. The summed E-state index contributed by atoms with van der Waals surface area (Å²) in [5.74, 6) is 1.23. The Balaban J connectivity index is 1.56. The molecule has 2 aromatic rings. The van der Waals surface area contributed by atoms with Crippen LogP contribution in [-0.4, -0.2) is 0 Å². The highest BCUT2D eigenvalue weighted by Gasteiger charge is 2.20. The lowest BCUT2D eigenvalue weighted by atomic mass is 9.78. The van der Waals surface area contributed by atoms with Gasteiger partial charge in [0.1, 0.15) is 11.6 Å². The van der Waals surface area contributed by atoms with Crippen LogP contribution in [0.1, 0.15) is 57.4 Å². The van der Waals surface area contributed by atoms with Crippen LogP contribution < -0.4 is 0 Å². The van der Waals surface area contributed by atoms with E-state index < -0.39 is 0 Å². The van der Waals surface area contributed by atoms with E-state index >= 15 is 0 Å². The lowest BCUT2D eigenvalue weighted by Crippen LogP contribution is -2.15.